The van der Waals surface area contributed by atoms with Crippen molar-refractivity contribution in [2.24, 2.45) is 7.05 Å². The van der Waals surface area contributed by atoms with Gasteiger partial charge in [0.1, 0.15) is 5.82 Å². The van der Waals surface area contributed by atoms with E-state index in [1.165, 1.54) is 4.57 Å². The zero-order valence-electron chi connectivity index (χ0n) is 17.5. The molecule has 0 saturated heterocycles. The first kappa shape index (κ1) is 21.3. The molecule has 7 nitrogen and oxygen atoms in total. The Labute approximate surface area is 175 Å². The maximum atomic E-state index is 13.3. The standard InChI is InChI=1S/C21H28ClN5O2/c1-5-17-23-19-18(24(17)4)20(28)27(14-15-8-10-16(22)11-9-15)21(29)26(19)13-12-25(6-2)7-3/h8-11H,5-7,12-14H2,1-4H3. The average Bonchev–Trinajstić information content (AvgIpc) is 3.05. The highest BCUT2D eigenvalue weighted by molar-refractivity contribution is 6.30. The second kappa shape index (κ2) is 8.97. The van der Waals surface area contributed by atoms with Crippen molar-refractivity contribution in [1.29, 1.82) is 0 Å². The summed E-state index contributed by atoms with van der Waals surface area (Å²) in [6.07, 6.45) is 0.687. The fourth-order valence-electron chi connectivity index (χ4n) is 3.62. The van der Waals surface area contributed by atoms with Crippen LogP contribution in [0, 0.1) is 0 Å². The van der Waals surface area contributed by atoms with Gasteiger partial charge in [-0.2, -0.15) is 0 Å². The predicted octanol–water partition coefficient (Wildman–Crippen LogP) is 2.50. The molecule has 0 saturated carbocycles. The maximum absolute atomic E-state index is 13.3. The van der Waals surface area contributed by atoms with E-state index in [1.807, 2.05) is 30.7 Å². The molecule has 0 atom stereocenters. The van der Waals surface area contributed by atoms with E-state index in [0.717, 1.165) is 31.0 Å². The number of benzene rings is 1. The van der Waals surface area contributed by atoms with Gasteiger partial charge in [0.15, 0.2) is 11.2 Å². The summed E-state index contributed by atoms with van der Waals surface area (Å²) < 4.78 is 4.75. The van der Waals surface area contributed by atoms with Crippen molar-refractivity contribution in [3.05, 3.63) is 61.5 Å². The van der Waals surface area contributed by atoms with E-state index in [-0.39, 0.29) is 17.8 Å². The molecule has 0 amide bonds. The summed E-state index contributed by atoms with van der Waals surface area (Å²) in [6.45, 7) is 9.40. The van der Waals surface area contributed by atoms with Crippen molar-refractivity contribution >= 4 is 22.8 Å². The molecule has 1 aromatic carbocycles. The summed E-state index contributed by atoms with van der Waals surface area (Å²) in [5.41, 5.74) is 1.15. The molecule has 3 rings (SSSR count). The number of aryl methyl sites for hydroxylation is 2. The van der Waals surface area contributed by atoms with Gasteiger partial charge in [-0.3, -0.25) is 13.9 Å². The molecule has 0 radical (unpaired) electrons. The van der Waals surface area contributed by atoms with Gasteiger partial charge in [0, 0.05) is 31.6 Å². The number of fused-ring (bicyclic) bond motifs is 1. The molecule has 0 N–H and O–H groups in total. The molecule has 0 unspecified atom stereocenters. The van der Waals surface area contributed by atoms with E-state index in [1.54, 1.807) is 16.7 Å². The van der Waals surface area contributed by atoms with Crippen LogP contribution in [0.1, 0.15) is 32.2 Å². The normalized spacial score (nSPS) is 11.7. The number of halogens is 1. The van der Waals surface area contributed by atoms with Gasteiger partial charge in [0.05, 0.1) is 6.54 Å². The number of hydrogen-bond acceptors (Lipinski definition) is 4. The minimum atomic E-state index is -0.328. The Hall–Kier alpha value is -2.38. The van der Waals surface area contributed by atoms with Crippen LogP contribution in [0.3, 0.4) is 0 Å². The minimum absolute atomic E-state index is 0.197. The third-order valence-electron chi connectivity index (χ3n) is 5.44. The van der Waals surface area contributed by atoms with E-state index in [9.17, 15) is 9.59 Å². The number of nitrogens with zero attached hydrogens (tertiary/aromatic N) is 5. The van der Waals surface area contributed by atoms with Gasteiger partial charge in [0.25, 0.3) is 5.56 Å². The predicted molar refractivity (Wildman–Crippen MR) is 117 cm³/mol. The van der Waals surface area contributed by atoms with E-state index in [0.29, 0.717) is 29.2 Å². The van der Waals surface area contributed by atoms with Crippen LogP contribution < -0.4 is 11.2 Å². The lowest BCUT2D eigenvalue weighted by atomic mass is 10.2. The van der Waals surface area contributed by atoms with Crippen LogP contribution in [-0.4, -0.2) is 43.2 Å². The van der Waals surface area contributed by atoms with Crippen LogP contribution in [0.25, 0.3) is 11.2 Å². The van der Waals surface area contributed by atoms with Crippen molar-refractivity contribution in [3.63, 3.8) is 0 Å². The Morgan fingerprint density at radius 1 is 1.03 bits per heavy atom. The van der Waals surface area contributed by atoms with Crippen molar-refractivity contribution in [2.45, 2.75) is 40.3 Å². The van der Waals surface area contributed by atoms with Crippen molar-refractivity contribution in [3.8, 4) is 0 Å². The lowest BCUT2D eigenvalue weighted by Gasteiger charge is -2.19. The molecule has 29 heavy (non-hydrogen) atoms. The maximum Gasteiger partial charge on any atom is 0.333 e. The highest BCUT2D eigenvalue weighted by atomic mass is 35.5. The topological polar surface area (TPSA) is 65.1 Å². The third kappa shape index (κ3) is 4.16. The largest absolute Gasteiger partial charge is 0.333 e. The second-order valence-electron chi connectivity index (χ2n) is 7.09. The summed E-state index contributed by atoms with van der Waals surface area (Å²) in [4.78, 5) is 33.4. The number of aromatic nitrogens is 4. The van der Waals surface area contributed by atoms with Crippen molar-refractivity contribution < 1.29 is 0 Å². The van der Waals surface area contributed by atoms with Crippen molar-refractivity contribution in [1.82, 2.24) is 23.6 Å². The molecule has 0 aliphatic carbocycles. The molecule has 2 heterocycles. The smallest absolute Gasteiger partial charge is 0.325 e. The Morgan fingerprint density at radius 3 is 2.28 bits per heavy atom. The van der Waals surface area contributed by atoms with Crippen LogP contribution >= 0.6 is 11.6 Å². The zero-order valence-corrected chi connectivity index (χ0v) is 18.2. The number of rotatable bonds is 8. The highest BCUT2D eigenvalue weighted by Gasteiger charge is 2.20. The summed E-state index contributed by atoms with van der Waals surface area (Å²) in [7, 11) is 1.83. The van der Waals surface area contributed by atoms with Gasteiger partial charge < -0.3 is 9.47 Å². The molecule has 8 heteroatoms. The lowest BCUT2D eigenvalue weighted by molar-refractivity contribution is 0.289. The fourth-order valence-corrected chi connectivity index (χ4v) is 3.74. The third-order valence-corrected chi connectivity index (χ3v) is 5.69. The van der Waals surface area contributed by atoms with Crippen LogP contribution in [-0.2, 0) is 26.6 Å². The minimum Gasteiger partial charge on any atom is -0.325 e. The van der Waals surface area contributed by atoms with E-state index in [2.05, 4.69) is 23.7 Å². The van der Waals surface area contributed by atoms with Gasteiger partial charge in [-0.05, 0) is 30.8 Å². The Balaban J connectivity index is 2.17. The zero-order chi connectivity index (χ0) is 21.1. The summed E-state index contributed by atoms with van der Waals surface area (Å²) in [5, 5.41) is 0.618. The molecular formula is C21H28ClN5O2. The molecule has 0 aliphatic rings. The van der Waals surface area contributed by atoms with Crippen molar-refractivity contribution in [2.75, 3.05) is 19.6 Å². The molecule has 0 aliphatic heterocycles. The average molecular weight is 418 g/mol. The highest BCUT2D eigenvalue weighted by Crippen LogP contribution is 2.13. The fraction of sp³-hybridized carbons (Fsp3) is 0.476. The van der Waals surface area contributed by atoms with E-state index >= 15 is 0 Å². The molecular weight excluding hydrogens is 390 g/mol. The van der Waals surface area contributed by atoms with Gasteiger partial charge in [-0.15, -0.1) is 0 Å². The number of imidazole rings is 1. The lowest BCUT2D eigenvalue weighted by Crippen LogP contribution is -2.42. The summed E-state index contributed by atoms with van der Waals surface area (Å²) in [5.74, 6) is 0.789. The SMILES string of the molecule is CCc1nc2c(c(=O)n(Cc3ccc(Cl)cc3)c(=O)n2CCN(CC)CC)n1C. The molecule has 156 valence electrons. The molecule has 3 aromatic rings. The van der Waals surface area contributed by atoms with Crippen LogP contribution in [0.15, 0.2) is 33.9 Å². The Morgan fingerprint density at radius 2 is 1.69 bits per heavy atom. The van der Waals surface area contributed by atoms with Gasteiger partial charge in [0.2, 0.25) is 0 Å². The first-order valence-electron chi connectivity index (χ1n) is 10.1. The molecule has 0 bridgehead atoms. The van der Waals surface area contributed by atoms with Crippen LogP contribution in [0.2, 0.25) is 5.02 Å². The number of likely N-dealkylation sites (N-methyl/N-ethyl adjacent to an activating group) is 1. The van der Waals surface area contributed by atoms with Gasteiger partial charge in [-0.25, -0.2) is 9.78 Å². The summed E-state index contributed by atoms with van der Waals surface area (Å²) >= 11 is 5.97. The quantitative estimate of drug-likeness (QED) is 0.565. The summed E-state index contributed by atoms with van der Waals surface area (Å²) in [6, 6.07) is 7.19. The Bertz CT molecular complexity index is 1110. The van der Waals surface area contributed by atoms with Crippen LogP contribution in [0.4, 0.5) is 0 Å². The van der Waals surface area contributed by atoms with Gasteiger partial charge >= 0.3 is 5.69 Å². The van der Waals surface area contributed by atoms with E-state index in [4.69, 9.17) is 11.6 Å². The number of hydrogen-bond donors (Lipinski definition) is 0. The Kier molecular flexibility index (Phi) is 6.59. The second-order valence-corrected chi connectivity index (χ2v) is 7.53. The monoisotopic (exact) mass is 417 g/mol. The molecule has 2 aromatic heterocycles. The van der Waals surface area contributed by atoms with Gasteiger partial charge in [-0.1, -0.05) is 44.5 Å². The first-order chi connectivity index (χ1) is 13.9. The first-order valence-corrected chi connectivity index (χ1v) is 10.4. The van der Waals surface area contributed by atoms with Crippen LogP contribution in [0.5, 0.6) is 0 Å². The molecule has 0 spiro atoms. The molecule has 0 fully saturated rings. The van der Waals surface area contributed by atoms with E-state index < -0.39 is 0 Å².